The lowest BCUT2D eigenvalue weighted by atomic mass is 10.00. The number of amides is 1. The van der Waals surface area contributed by atoms with E-state index < -0.39 is 17.3 Å². The van der Waals surface area contributed by atoms with E-state index in [4.69, 9.17) is 0 Å². The molecule has 1 aromatic carbocycles. The second-order valence-corrected chi connectivity index (χ2v) is 8.87. The minimum absolute atomic E-state index is 0.0273. The fraction of sp³-hybridized carbons (Fsp3) is 0.550. The molecular weight excluding hydrogens is 350 g/mol. The maximum Gasteiger partial charge on any atom is 0.323 e. The number of benzene rings is 1. The Morgan fingerprint density at radius 2 is 1.85 bits per heavy atom. The zero-order chi connectivity index (χ0) is 19.5. The predicted octanol–water partition coefficient (Wildman–Crippen LogP) is 3.53. The lowest BCUT2D eigenvalue weighted by Crippen LogP contribution is -2.40. The highest BCUT2D eigenvalue weighted by atomic mass is 32.2. The van der Waals surface area contributed by atoms with Crippen LogP contribution in [-0.4, -0.2) is 34.4 Å². The van der Waals surface area contributed by atoms with Gasteiger partial charge in [-0.15, -0.1) is 0 Å². The summed E-state index contributed by atoms with van der Waals surface area (Å²) in [6.07, 6.45) is 3.09. The minimum atomic E-state index is -1.05. The fourth-order valence-electron chi connectivity index (χ4n) is 2.91. The summed E-state index contributed by atoms with van der Waals surface area (Å²) in [5, 5.41) is 9.27. The molecule has 5 nitrogen and oxygen atoms in total. The van der Waals surface area contributed by atoms with Crippen molar-refractivity contribution in [3.05, 3.63) is 29.3 Å². The topological polar surface area (TPSA) is 74.7 Å². The number of rotatable bonds is 6. The first kappa shape index (κ1) is 20.5. The molecule has 2 rings (SSSR count). The Kier molecular flexibility index (Phi) is 6.50. The van der Waals surface area contributed by atoms with E-state index in [0.717, 1.165) is 31.0 Å². The van der Waals surface area contributed by atoms with Crippen LogP contribution in [0.15, 0.2) is 18.2 Å². The maximum absolute atomic E-state index is 12.9. The van der Waals surface area contributed by atoms with Crippen molar-refractivity contribution in [1.82, 2.24) is 0 Å². The lowest BCUT2D eigenvalue weighted by molar-refractivity contribution is -0.137. The molecule has 0 saturated heterocycles. The molecule has 1 unspecified atom stereocenters. The Bertz CT molecular complexity index is 708. The first-order valence-corrected chi connectivity index (χ1v) is 9.90. The van der Waals surface area contributed by atoms with Gasteiger partial charge in [-0.05, 0) is 42.5 Å². The largest absolute Gasteiger partial charge is 0.480 e. The maximum atomic E-state index is 12.9. The molecule has 0 aromatic heterocycles. The van der Waals surface area contributed by atoms with Gasteiger partial charge in [0.05, 0.1) is 0 Å². The van der Waals surface area contributed by atoms with Crippen LogP contribution in [-0.2, 0) is 27.2 Å². The molecule has 26 heavy (non-hydrogen) atoms. The second kappa shape index (κ2) is 8.25. The highest BCUT2D eigenvalue weighted by molar-refractivity contribution is 8.13. The molecule has 0 aliphatic heterocycles. The number of thioether (sulfide) groups is 1. The molecule has 0 saturated carbocycles. The van der Waals surface area contributed by atoms with E-state index in [-0.39, 0.29) is 17.6 Å². The zero-order valence-electron chi connectivity index (χ0n) is 15.9. The quantitative estimate of drug-likeness (QED) is 0.821. The summed E-state index contributed by atoms with van der Waals surface area (Å²) in [7, 11) is 0. The van der Waals surface area contributed by atoms with E-state index in [0.29, 0.717) is 11.4 Å². The van der Waals surface area contributed by atoms with Gasteiger partial charge < -0.3 is 10.0 Å². The average Bonchev–Trinajstić information content (AvgIpc) is 3.03. The smallest absolute Gasteiger partial charge is 0.323 e. The van der Waals surface area contributed by atoms with Gasteiger partial charge in [0.15, 0.2) is 5.12 Å². The Hall–Kier alpha value is -1.82. The lowest BCUT2D eigenvalue weighted by Gasteiger charge is -2.25. The summed E-state index contributed by atoms with van der Waals surface area (Å²) >= 11 is 1.14. The third-order valence-corrected chi connectivity index (χ3v) is 5.99. The number of aryl methyl sites for hydroxylation is 2. The number of hydrogen-bond donors (Lipinski definition) is 1. The van der Waals surface area contributed by atoms with Crippen molar-refractivity contribution in [3.8, 4) is 0 Å². The van der Waals surface area contributed by atoms with Gasteiger partial charge in [0.1, 0.15) is 6.54 Å². The van der Waals surface area contributed by atoms with Gasteiger partial charge in [-0.3, -0.25) is 14.4 Å². The van der Waals surface area contributed by atoms with Crippen LogP contribution in [0.2, 0.25) is 0 Å². The molecule has 1 aromatic rings. The number of anilines is 1. The van der Waals surface area contributed by atoms with Gasteiger partial charge >= 0.3 is 5.97 Å². The molecule has 0 heterocycles. The van der Waals surface area contributed by atoms with E-state index in [1.807, 2.05) is 39.0 Å². The van der Waals surface area contributed by atoms with Crippen LogP contribution in [0.3, 0.4) is 0 Å². The molecule has 0 radical (unpaired) electrons. The molecule has 1 atom stereocenters. The van der Waals surface area contributed by atoms with Crippen molar-refractivity contribution in [1.29, 1.82) is 0 Å². The van der Waals surface area contributed by atoms with Crippen LogP contribution in [0.1, 0.15) is 45.2 Å². The number of nitrogens with zero attached hydrogens (tertiary/aromatic N) is 1. The normalized spacial score (nSPS) is 14.6. The Balaban J connectivity index is 2.14. The molecule has 0 bridgehead atoms. The van der Waals surface area contributed by atoms with Gasteiger partial charge in [0, 0.05) is 22.8 Å². The Morgan fingerprint density at radius 1 is 1.19 bits per heavy atom. The summed E-state index contributed by atoms with van der Waals surface area (Å²) in [5.74, 6) is -1.42. The van der Waals surface area contributed by atoms with Gasteiger partial charge in [0.25, 0.3) is 0 Å². The van der Waals surface area contributed by atoms with Crippen molar-refractivity contribution in [2.45, 2.75) is 47.0 Å². The minimum Gasteiger partial charge on any atom is -0.480 e. The summed E-state index contributed by atoms with van der Waals surface area (Å²) < 4.78 is 0. The highest BCUT2D eigenvalue weighted by Gasteiger charge is 2.28. The van der Waals surface area contributed by atoms with E-state index in [2.05, 4.69) is 0 Å². The average molecular weight is 378 g/mol. The SMILES string of the molecule is CC(CSC(=O)C(C)(C)C)C(=O)N(CC(=O)O)c1ccc2c(c1)CCC2. The molecule has 0 fully saturated rings. The zero-order valence-corrected chi connectivity index (χ0v) is 16.7. The summed E-state index contributed by atoms with van der Waals surface area (Å²) in [6.45, 7) is 6.90. The van der Waals surface area contributed by atoms with Crippen molar-refractivity contribution >= 4 is 34.4 Å². The summed E-state index contributed by atoms with van der Waals surface area (Å²) in [6, 6.07) is 5.75. The van der Waals surface area contributed by atoms with Crippen LogP contribution in [0.5, 0.6) is 0 Å². The first-order chi connectivity index (χ1) is 12.1. The van der Waals surface area contributed by atoms with Gasteiger partial charge in [0.2, 0.25) is 5.91 Å². The van der Waals surface area contributed by atoms with Gasteiger partial charge in [-0.25, -0.2) is 0 Å². The number of carboxylic acid groups (broad SMARTS) is 1. The molecule has 1 amide bonds. The predicted molar refractivity (Wildman–Crippen MR) is 105 cm³/mol. The van der Waals surface area contributed by atoms with Gasteiger partial charge in [-0.2, -0.15) is 0 Å². The van der Waals surface area contributed by atoms with E-state index >= 15 is 0 Å². The molecule has 1 N–H and O–H groups in total. The third kappa shape index (κ3) is 5.10. The highest BCUT2D eigenvalue weighted by Crippen LogP contribution is 2.29. The van der Waals surface area contributed by atoms with Crippen molar-refractivity contribution in [3.63, 3.8) is 0 Å². The van der Waals surface area contributed by atoms with Crippen LogP contribution in [0.25, 0.3) is 0 Å². The number of aliphatic carboxylic acids is 1. The molecule has 1 aliphatic rings. The van der Waals surface area contributed by atoms with Crippen LogP contribution in [0, 0.1) is 11.3 Å². The second-order valence-electron chi connectivity index (χ2n) is 7.87. The van der Waals surface area contributed by atoms with Crippen LogP contribution in [0.4, 0.5) is 5.69 Å². The molecule has 142 valence electrons. The van der Waals surface area contributed by atoms with Crippen LogP contribution >= 0.6 is 11.8 Å². The number of carbonyl (C=O) groups excluding carboxylic acids is 2. The molecular formula is C20H27NO4S. The standard InChI is InChI=1S/C20H27NO4S/c1-13(12-26-19(25)20(2,3)4)18(24)21(11-17(22)23)16-9-8-14-6-5-7-15(14)10-16/h8-10,13H,5-7,11-12H2,1-4H3,(H,22,23). The van der Waals surface area contributed by atoms with Crippen molar-refractivity contribution in [2.24, 2.45) is 11.3 Å². The first-order valence-electron chi connectivity index (χ1n) is 8.92. The van der Waals surface area contributed by atoms with Crippen molar-refractivity contribution < 1.29 is 19.5 Å². The fourth-order valence-corrected chi connectivity index (χ4v) is 3.89. The van der Waals surface area contributed by atoms with Crippen LogP contribution < -0.4 is 4.90 Å². The Morgan fingerprint density at radius 3 is 2.46 bits per heavy atom. The molecule has 1 aliphatic carbocycles. The number of carboxylic acids is 1. The van der Waals surface area contributed by atoms with Crippen molar-refractivity contribution in [2.75, 3.05) is 17.2 Å². The third-order valence-electron chi connectivity index (χ3n) is 4.45. The van der Waals surface area contributed by atoms with E-state index in [9.17, 15) is 19.5 Å². The van der Waals surface area contributed by atoms with Gasteiger partial charge in [-0.1, -0.05) is 45.5 Å². The Labute approximate surface area is 159 Å². The van der Waals surface area contributed by atoms with E-state index in [1.54, 1.807) is 6.92 Å². The summed E-state index contributed by atoms with van der Waals surface area (Å²) in [5.41, 5.74) is 2.62. The number of hydrogen-bond acceptors (Lipinski definition) is 4. The van der Waals surface area contributed by atoms with E-state index in [1.165, 1.54) is 16.0 Å². The molecule has 6 heteroatoms. The number of carbonyl (C=O) groups is 3. The molecule has 0 spiro atoms. The number of fused-ring (bicyclic) bond motifs is 1. The monoisotopic (exact) mass is 377 g/mol. The summed E-state index contributed by atoms with van der Waals surface area (Å²) in [4.78, 5) is 37.6.